The number of pyridine rings is 1. The van der Waals surface area contributed by atoms with Gasteiger partial charge in [0.05, 0.1) is 0 Å². The Morgan fingerprint density at radius 2 is 2.04 bits per heavy atom. The van der Waals surface area contributed by atoms with Gasteiger partial charge in [-0.25, -0.2) is 4.98 Å². The minimum absolute atomic E-state index is 0.315. The van der Waals surface area contributed by atoms with E-state index < -0.39 is 17.4 Å². The predicted molar refractivity (Wildman–Crippen MR) is 86.3 cm³/mol. The van der Waals surface area contributed by atoms with E-state index in [-0.39, 0.29) is 0 Å². The number of carbonyl (C=O) groups is 2. The number of amides is 2. The van der Waals surface area contributed by atoms with Crippen LogP contribution in [0.3, 0.4) is 0 Å². The number of hydrogen-bond acceptors (Lipinski definition) is 4. The van der Waals surface area contributed by atoms with Gasteiger partial charge in [0.25, 0.3) is 17.4 Å². The van der Waals surface area contributed by atoms with Crippen molar-refractivity contribution in [3.8, 4) is 5.75 Å². The molecule has 0 fully saturated rings. The summed E-state index contributed by atoms with van der Waals surface area (Å²) >= 11 is 0. The van der Waals surface area contributed by atoms with Gasteiger partial charge in [-0.15, -0.1) is 0 Å². The number of rotatable bonds is 3. The van der Waals surface area contributed by atoms with Gasteiger partial charge in [0.15, 0.2) is 11.6 Å². The number of aryl methyl sites for hydroxylation is 1. The molecule has 0 aliphatic carbocycles. The monoisotopic (exact) mass is 311 g/mol. The highest BCUT2D eigenvalue weighted by molar-refractivity contribution is 6.18. The summed E-state index contributed by atoms with van der Waals surface area (Å²) in [6.07, 6.45) is 2.46. The molecule has 0 saturated heterocycles. The van der Waals surface area contributed by atoms with Crippen molar-refractivity contribution >= 4 is 23.3 Å². The summed E-state index contributed by atoms with van der Waals surface area (Å²) in [7, 11) is 0. The Balaban J connectivity index is 1.81. The van der Waals surface area contributed by atoms with E-state index in [1.165, 1.54) is 12.5 Å². The zero-order valence-corrected chi connectivity index (χ0v) is 12.9. The van der Waals surface area contributed by atoms with Gasteiger partial charge in [0.1, 0.15) is 0 Å². The van der Waals surface area contributed by atoms with Crippen molar-refractivity contribution in [3.05, 3.63) is 48.2 Å². The maximum atomic E-state index is 12.5. The summed E-state index contributed by atoms with van der Waals surface area (Å²) in [5, 5.41) is 5.32. The Morgan fingerprint density at radius 3 is 2.74 bits per heavy atom. The quantitative estimate of drug-likeness (QED) is 0.853. The lowest BCUT2D eigenvalue weighted by Gasteiger charge is -2.32. The van der Waals surface area contributed by atoms with E-state index in [9.17, 15) is 9.59 Å². The lowest BCUT2D eigenvalue weighted by molar-refractivity contribution is -0.143. The van der Waals surface area contributed by atoms with E-state index >= 15 is 0 Å². The fourth-order valence-electron chi connectivity index (χ4n) is 2.28. The van der Waals surface area contributed by atoms with E-state index in [1.54, 1.807) is 30.5 Å². The van der Waals surface area contributed by atoms with Crippen LogP contribution in [0.2, 0.25) is 0 Å². The minimum atomic E-state index is -1.65. The largest absolute Gasteiger partial charge is 0.464 e. The Kier molecular flexibility index (Phi) is 3.73. The minimum Gasteiger partial charge on any atom is -0.464 e. The maximum Gasteiger partial charge on any atom is 0.279 e. The van der Waals surface area contributed by atoms with Crippen LogP contribution in [-0.2, 0) is 16.0 Å². The molecule has 3 rings (SSSR count). The number of ether oxygens (including phenoxy) is 1. The normalized spacial score (nSPS) is 19.3. The molecule has 2 amide bonds. The molecule has 6 nitrogen and oxygen atoms in total. The number of anilines is 2. The number of nitrogens with zero attached hydrogens (tertiary/aromatic N) is 1. The molecular weight excluding hydrogens is 294 g/mol. The molecule has 1 aliphatic rings. The molecule has 2 N–H and O–H groups in total. The van der Waals surface area contributed by atoms with Crippen LogP contribution in [0.25, 0.3) is 0 Å². The molecule has 1 unspecified atom stereocenters. The molecule has 1 aliphatic heterocycles. The van der Waals surface area contributed by atoms with Crippen molar-refractivity contribution in [2.24, 2.45) is 0 Å². The zero-order chi connectivity index (χ0) is 16.4. The molecule has 0 bridgehead atoms. The molecule has 23 heavy (non-hydrogen) atoms. The second-order valence-electron chi connectivity index (χ2n) is 5.44. The molecule has 0 saturated carbocycles. The van der Waals surface area contributed by atoms with Crippen molar-refractivity contribution in [1.29, 1.82) is 0 Å². The number of benzene rings is 1. The Bertz CT molecular complexity index is 758. The molecule has 2 heterocycles. The van der Waals surface area contributed by atoms with Gasteiger partial charge in [0.2, 0.25) is 0 Å². The first kappa shape index (κ1) is 15.0. The smallest absolute Gasteiger partial charge is 0.279 e. The molecule has 0 radical (unpaired) electrons. The van der Waals surface area contributed by atoms with Crippen LogP contribution in [0.15, 0.2) is 42.6 Å². The summed E-state index contributed by atoms with van der Waals surface area (Å²) in [6, 6.07) is 10.8. The number of hydrogen-bond donors (Lipinski definition) is 2. The third-order valence-corrected chi connectivity index (χ3v) is 3.80. The van der Waals surface area contributed by atoms with E-state index in [4.69, 9.17) is 4.74 Å². The van der Waals surface area contributed by atoms with Gasteiger partial charge in [-0.3, -0.25) is 9.59 Å². The van der Waals surface area contributed by atoms with Crippen molar-refractivity contribution in [3.63, 3.8) is 0 Å². The van der Waals surface area contributed by atoms with Crippen molar-refractivity contribution in [2.45, 2.75) is 25.9 Å². The lowest BCUT2D eigenvalue weighted by atomic mass is 10.0. The van der Waals surface area contributed by atoms with Crippen LogP contribution in [-0.4, -0.2) is 22.4 Å². The average molecular weight is 311 g/mol. The van der Waals surface area contributed by atoms with E-state index in [0.29, 0.717) is 17.3 Å². The van der Waals surface area contributed by atoms with Crippen LogP contribution >= 0.6 is 0 Å². The lowest BCUT2D eigenvalue weighted by Crippen LogP contribution is -2.56. The first-order chi connectivity index (χ1) is 11.0. The van der Waals surface area contributed by atoms with Crippen LogP contribution < -0.4 is 15.4 Å². The van der Waals surface area contributed by atoms with Crippen molar-refractivity contribution < 1.29 is 14.3 Å². The number of nitrogens with one attached hydrogen (secondary N) is 2. The SMILES string of the molecule is CCc1ccc(NC(=O)C2(C)Oc3cccnc3NC2=O)cc1. The topological polar surface area (TPSA) is 80.3 Å². The van der Waals surface area contributed by atoms with E-state index in [0.717, 1.165) is 6.42 Å². The maximum absolute atomic E-state index is 12.5. The van der Waals surface area contributed by atoms with Gasteiger partial charge in [0, 0.05) is 11.9 Å². The standard InChI is InChI=1S/C17H17N3O3/c1-3-11-6-8-12(9-7-11)19-15(21)17(2)16(22)20-14-13(23-17)5-4-10-18-14/h4-10H,3H2,1-2H3,(H,19,21)(H,18,20,22). The highest BCUT2D eigenvalue weighted by Crippen LogP contribution is 2.32. The summed E-state index contributed by atoms with van der Waals surface area (Å²) in [6.45, 7) is 3.49. The fraction of sp³-hybridized carbons (Fsp3) is 0.235. The van der Waals surface area contributed by atoms with Gasteiger partial charge in [-0.05, 0) is 43.2 Å². The second-order valence-corrected chi connectivity index (χ2v) is 5.44. The number of aromatic nitrogens is 1. The van der Waals surface area contributed by atoms with Gasteiger partial charge >= 0.3 is 0 Å². The molecule has 0 spiro atoms. The summed E-state index contributed by atoms with van der Waals surface area (Å²) in [5.41, 5.74) is 0.127. The first-order valence-corrected chi connectivity index (χ1v) is 7.39. The molecular formula is C17H17N3O3. The third-order valence-electron chi connectivity index (χ3n) is 3.80. The number of fused-ring (bicyclic) bond motifs is 1. The molecule has 118 valence electrons. The van der Waals surface area contributed by atoms with Gasteiger partial charge in [-0.1, -0.05) is 19.1 Å². The van der Waals surface area contributed by atoms with Crippen LogP contribution in [0.1, 0.15) is 19.4 Å². The van der Waals surface area contributed by atoms with Gasteiger partial charge < -0.3 is 15.4 Å². The van der Waals surface area contributed by atoms with Gasteiger partial charge in [-0.2, -0.15) is 0 Å². The zero-order valence-electron chi connectivity index (χ0n) is 12.9. The predicted octanol–water partition coefficient (Wildman–Crippen LogP) is 2.37. The van der Waals surface area contributed by atoms with Crippen molar-refractivity contribution in [1.82, 2.24) is 4.98 Å². The number of carbonyl (C=O) groups excluding carboxylic acids is 2. The van der Waals surface area contributed by atoms with Crippen LogP contribution in [0.4, 0.5) is 11.5 Å². The van der Waals surface area contributed by atoms with Crippen LogP contribution in [0, 0.1) is 0 Å². The van der Waals surface area contributed by atoms with Crippen molar-refractivity contribution in [2.75, 3.05) is 10.6 Å². The van der Waals surface area contributed by atoms with Crippen LogP contribution in [0.5, 0.6) is 5.75 Å². The summed E-state index contributed by atoms with van der Waals surface area (Å²) < 4.78 is 5.62. The van der Waals surface area contributed by atoms with E-state index in [2.05, 4.69) is 22.5 Å². The Morgan fingerprint density at radius 1 is 1.30 bits per heavy atom. The average Bonchev–Trinajstić information content (AvgIpc) is 2.56. The first-order valence-electron chi connectivity index (χ1n) is 7.39. The Hall–Kier alpha value is -2.89. The summed E-state index contributed by atoms with van der Waals surface area (Å²) in [4.78, 5) is 28.8. The second kappa shape index (κ2) is 5.72. The molecule has 1 aromatic heterocycles. The fourth-order valence-corrected chi connectivity index (χ4v) is 2.28. The highest BCUT2D eigenvalue weighted by Gasteiger charge is 2.47. The van der Waals surface area contributed by atoms with E-state index in [1.807, 2.05) is 12.1 Å². The third kappa shape index (κ3) is 2.75. The molecule has 1 aromatic carbocycles. The Labute approximate surface area is 133 Å². The molecule has 2 aromatic rings. The molecule has 6 heteroatoms. The summed E-state index contributed by atoms with van der Waals surface area (Å²) in [5.74, 6) is -0.402. The highest BCUT2D eigenvalue weighted by atomic mass is 16.5. The molecule has 1 atom stereocenters.